The summed E-state index contributed by atoms with van der Waals surface area (Å²) in [6, 6.07) is 0. The fraction of sp³-hybridized carbons (Fsp3) is 0.667. The first-order chi connectivity index (χ1) is 8.12. The molecule has 1 saturated carbocycles. The van der Waals surface area contributed by atoms with E-state index in [1.54, 1.807) is 11.8 Å². The predicted molar refractivity (Wildman–Crippen MR) is 67.5 cm³/mol. The third-order valence-electron chi connectivity index (χ3n) is 2.73. The smallest absolute Gasteiger partial charge is 0.306 e. The number of esters is 1. The van der Waals surface area contributed by atoms with Crippen LogP contribution in [0, 0.1) is 17.8 Å². The van der Waals surface area contributed by atoms with Crippen molar-refractivity contribution >= 4 is 23.6 Å². The van der Waals surface area contributed by atoms with Gasteiger partial charge in [0.05, 0.1) is 25.8 Å². The van der Waals surface area contributed by atoms with Gasteiger partial charge in [0.1, 0.15) is 0 Å². The number of ether oxygens (including phenoxy) is 1. The van der Waals surface area contributed by atoms with Crippen molar-refractivity contribution in [2.45, 2.75) is 19.3 Å². The number of hydrogen-bond donors (Lipinski definition) is 1. The third kappa shape index (κ3) is 5.14. The van der Waals surface area contributed by atoms with Gasteiger partial charge in [-0.2, -0.15) is 11.8 Å². The molecule has 0 aromatic heterocycles. The average molecular weight is 255 g/mol. The van der Waals surface area contributed by atoms with E-state index in [9.17, 15) is 9.59 Å². The summed E-state index contributed by atoms with van der Waals surface area (Å²) in [6.07, 6.45) is 7.58. The highest BCUT2D eigenvalue weighted by Crippen LogP contribution is 2.51. The van der Waals surface area contributed by atoms with E-state index in [1.165, 1.54) is 7.11 Å². The van der Waals surface area contributed by atoms with Crippen LogP contribution in [-0.4, -0.2) is 37.0 Å². The van der Waals surface area contributed by atoms with Gasteiger partial charge >= 0.3 is 5.97 Å². The minimum atomic E-state index is -0.167. The summed E-state index contributed by atoms with van der Waals surface area (Å²) >= 11 is 1.55. The minimum absolute atomic E-state index is 0.0539. The number of rotatable bonds is 7. The second kappa shape index (κ2) is 6.55. The van der Waals surface area contributed by atoms with E-state index < -0.39 is 0 Å². The first-order valence-corrected chi connectivity index (χ1v) is 6.62. The van der Waals surface area contributed by atoms with Gasteiger partial charge in [-0.15, -0.1) is 6.42 Å². The van der Waals surface area contributed by atoms with E-state index in [0.29, 0.717) is 12.2 Å². The van der Waals surface area contributed by atoms with Crippen LogP contribution in [0.4, 0.5) is 0 Å². The van der Waals surface area contributed by atoms with Gasteiger partial charge < -0.3 is 10.1 Å². The maximum absolute atomic E-state index is 11.3. The largest absolute Gasteiger partial charge is 0.469 e. The van der Waals surface area contributed by atoms with E-state index >= 15 is 0 Å². The first-order valence-electron chi connectivity index (χ1n) is 5.47. The molecule has 1 amide bonds. The molecular formula is C12H17NO3S. The molecule has 0 aliphatic heterocycles. The quantitative estimate of drug-likeness (QED) is 0.540. The Bertz CT molecular complexity index is 331. The number of hydrogen-bond acceptors (Lipinski definition) is 4. The third-order valence-corrected chi connectivity index (χ3v) is 4.02. The van der Waals surface area contributed by atoms with Crippen LogP contribution in [0.5, 0.6) is 0 Å². The lowest BCUT2D eigenvalue weighted by molar-refractivity contribution is -0.141. The number of terminal acetylenes is 1. The molecule has 0 heterocycles. The molecule has 17 heavy (non-hydrogen) atoms. The van der Waals surface area contributed by atoms with Crippen LogP contribution in [0.3, 0.4) is 0 Å². The molecule has 1 fully saturated rings. The molecule has 0 unspecified atom stereocenters. The Morgan fingerprint density at radius 1 is 1.53 bits per heavy atom. The fourth-order valence-corrected chi connectivity index (χ4v) is 2.70. The van der Waals surface area contributed by atoms with Crippen molar-refractivity contribution in [3.63, 3.8) is 0 Å². The highest BCUT2D eigenvalue weighted by Gasteiger charge is 2.44. The Morgan fingerprint density at radius 3 is 2.76 bits per heavy atom. The summed E-state index contributed by atoms with van der Waals surface area (Å²) in [4.78, 5) is 22.4. The molecule has 0 bridgehead atoms. The second-order valence-electron chi connectivity index (χ2n) is 4.23. The summed E-state index contributed by atoms with van der Waals surface area (Å²) < 4.78 is 4.66. The molecular weight excluding hydrogens is 238 g/mol. The maximum atomic E-state index is 11.3. The number of amides is 1. The molecule has 1 aliphatic carbocycles. The number of carbonyl (C=O) groups is 2. The van der Waals surface area contributed by atoms with Crippen molar-refractivity contribution in [1.82, 2.24) is 5.32 Å². The van der Waals surface area contributed by atoms with E-state index in [1.807, 2.05) is 0 Å². The molecule has 1 N–H and O–H groups in total. The highest BCUT2D eigenvalue weighted by atomic mass is 32.2. The number of methoxy groups -OCH3 is 1. The molecule has 0 aromatic rings. The minimum Gasteiger partial charge on any atom is -0.469 e. The second-order valence-corrected chi connectivity index (χ2v) is 5.21. The fourth-order valence-electron chi connectivity index (χ4n) is 1.49. The Hall–Kier alpha value is -1.15. The van der Waals surface area contributed by atoms with Crippen molar-refractivity contribution < 1.29 is 14.3 Å². The Labute approximate surface area is 106 Å². The van der Waals surface area contributed by atoms with Gasteiger partial charge in [-0.3, -0.25) is 9.59 Å². The van der Waals surface area contributed by atoms with E-state index in [4.69, 9.17) is 6.42 Å². The standard InChI is InChI=1S/C12H17NO3S/c1-3-6-13-10(14)8-17-9-12(4-5-12)7-11(15)16-2/h1H,4-9H2,2H3,(H,13,14). The number of thioether (sulfide) groups is 1. The molecule has 0 spiro atoms. The molecule has 94 valence electrons. The number of carbonyl (C=O) groups excluding carboxylic acids is 2. The molecule has 5 heteroatoms. The van der Waals surface area contributed by atoms with Crippen molar-refractivity contribution in [3.05, 3.63) is 0 Å². The highest BCUT2D eigenvalue weighted by molar-refractivity contribution is 7.99. The van der Waals surface area contributed by atoms with Crippen LogP contribution >= 0.6 is 11.8 Å². The van der Waals surface area contributed by atoms with Crippen molar-refractivity contribution in [1.29, 1.82) is 0 Å². The molecule has 0 saturated heterocycles. The van der Waals surface area contributed by atoms with Gasteiger partial charge in [-0.05, 0) is 24.0 Å². The topological polar surface area (TPSA) is 55.4 Å². The zero-order valence-corrected chi connectivity index (χ0v) is 10.8. The van der Waals surface area contributed by atoms with Gasteiger partial charge in [-0.1, -0.05) is 5.92 Å². The Balaban J connectivity index is 2.16. The van der Waals surface area contributed by atoms with Crippen molar-refractivity contribution in [2.24, 2.45) is 5.41 Å². The van der Waals surface area contributed by atoms with Gasteiger partial charge in [0.25, 0.3) is 0 Å². The SMILES string of the molecule is C#CCNC(=O)CSCC1(CC(=O)OC)CC1. The first kappa shape index (κ1) is 13.9. The van der Waals surface area contributed by atoms with Gasteiger partial charge in [0.2, 0.25) is 5.91 Å². The van der Waals surface area contributed by atoms with Gasteiger partial charge in [-0.25, -0.2) is 0 Å². The zero-order chi connectivity index (χ0) is 12.7. The van der Waals surface area contributed by atoms with E-state index in [0.717, 1.165) is 18.6 Å². The van der Waals surface area contributed by atoms with Crippen LogP contribution < -0.4 is 5.32 Å². The van der Waals surface area contributed by atoms with Crippen LogP contribution in [0.25, 0.3) is 0 Å². The number of nitrogens with one attached hydrogen (secondary N) is 1. The zero-order valence-electron chi connectivity index (χ0n) is 9.95. The van der Waals surface area contributed by atoms with Crippen LogP contribution in [0.15, 0.2) is 0 Å². The van der Waals surface area contributed by atoms with Crippen molar-refractivity contribution in [2.75, 3.05) is 25.2 Å². The van der Waals surface area contributed by atoms with Crippen molar-refractivity contribution in [3.8, 4) is 12.3 Å². The lowest BCUT2D eigenvalue weighted by Gasteiger charge is -2.12. The lowest BCUT2D eigenvalue weighted by atomic mass is 10.1. The maximum Gasteiger partial charge on any atom is 0.306 e. The molecule has 0 atom stereocenters. The van der Waals surface area contributed by atoms with Gasteiger partial charge in [0.15, 0.2) is 0 Å². The molecule has 1 rings (SSSR count). The normalized spacial score (nSPS) is 15.8. The summed E-state index contributed by atoms with van der Waals surface area (Å²) in [7, 11) is 1.40. The monoisotopic (exact) mass is 255 g/mol. The summed E-state index contributed by atoms with van der Waals surface area (Å²) in [6.45, 7) is 0.271. The van der Waals surface area contributed by atoms with E-state index in [2.05, 4.69) is 16.0 Å². The average Bonchev–Trinajstić information content (AvgIpc) is 3.06. The summed E-state index contributed by atoms with van der Waals surface area (Å²) in [5.74, 6) is 3.35. The molecule has 0 radical (unpaired) electrons. The van der Waals surface area contributed by atoms with Crippen LogP contribution in [0.1, 0.15) is 19.3 Å². The molecule has 4 nitrogen and oxygen atoms in total. The van der Waals surface area contributed by atoms with Gasteiger partial charge in [0, 0.05) is 0 Å². The molecule has 0 aromatic carbocycles. The van der Waals surface area contributed by atoms with E-state index in [-0.39, 0.29) is 23.8 Å². The molecule has 1 aliphatic rings. The Morgan fingerprint density at radius 2 is 2.24 bits per heavy atom. The summed E-state index contributed by atoms with van der Waals surface area (Å²) in [5.41, 5.74) is 0.0736. The van der Waals surface area contributed by atoms with Crippen LogP contribution in [-0.2, 0) is 14.3 Å². The lowest BCUT2D eigenvalue weighted by Crippen LogP contribution is -2.26. The predicted octanol–water partition coefficient (Wildman–Crippen LogP) is 0.812. The van der Waals surface area contributed by atoms with Crippen LogP contribution in [0.2, 0.25) is 0 Å². The Kier molecular flexibility index (Phi) is 5.36. The summed E-state index contributed by atoms with van der Waals surface area (Å²) in [5, 5.41) is 2.60.